The third-order valence-electron chi connectivity index (χ3n) is 5.42. The summed E-state index contributed by atoms with van der Waals surface area (Å²) in [5.41, 5.74) is 1.77. The lowest BCUT2D eigenvalue weighted by atomic mass is 10.0. The molecule has 3 aromatic heterocycles. The first-order chi connectivity index (χ1) is 16.0. The Morgan fingerprint density at radius 3 is 2.91 bits per heavy atom. The van der Waals surface area contributed by atoms with Crippen LogP contribution in [0.5, 0.6) is 11.6 Å². The van der Waals surface area contributed by atoms with E-state index in [-0.39, 0.29) is 30.6 Å². The summed E-state index contributed by atoms with van der Waals surface area (Å²) in [5.74, 6) is -0.491. The van der Waals surface area contributed by atoms with Crippen molar-refractivity contribution in [3.8, 4) is 11.6 Å². The molecule has 1 aromatic carbocycles. The number of hydrogen-bond donors (Lipinski definition) is 1. The molecule has 1 aliphatic rings. The SMILES string of the molecule is CCOC(=O)c1cnn2cc3c(nc12)N(Cc1cc(F)cnc1O)[C@H](c1ccccc1)CO3. The molecule has 9 nitrogen and oxygen atoms in total. The van der Waals surface area contributed by atoms with Crippen molar-refractivity contribution in [1.29, 1.82) is 0 Å². The number of aromatic nitrogens is 4. The number of fused-ring (bicyclic) bond motifs is 2. The molecule has 0 amide bonds. The molecule has 1 atom stereocenters. The molecular formula is C23H20FN5O4. The van der Waals surface area contributed by atoms with E-state index in [0.29, 0.717) is 29.4 Å². The topological polar surface area (TPSA) is 102 Å². The maximum Gasteiger partial charge on any atom is 0.343 e. The summed E-state index contributed by atoms with van der Waals surface area (Å²) >= 11 is 0. The van der Waals surface area contributed by atoms with Crippen molar-refractivity contribution in [3.63, 3.8) is 0 Å². The van der Waals surface area contributed by atoms with Gasteiger partial charge in [0.1, 0.15) is 18.0 Å². The Kier molecular flexibility index (Phi) is 5.25. The molecule has 1 N–H and O–H groups in total. The lowest BCUT2D eigenvalue weighted by Crippen LogP contribution is -2.37. The zero-order valence-corrected chi connectivity index (χ0v) is 17.7. The van der Waals surface area contributed by atoms with Gasteiger partial charge in [0, 0.05) is 5.56 Å². The summed E-state index contributed by atoms with van der Waals surface area (Å²) in [5, 5.41) is 14.5. The molecule has 5 rings (SSSR count). The van der Waals surface area contributed by atoms with Gasteiger partial charge in [0.25, 0.3) is 0 Å². The molecule has 0 bridgehead atoms. The fourth-order valence-corrected chi connectivity index (χ4v) is 3.86. The van der Waals surface area contributed by atoms with E-state index >= 15 is 0 Å². The lowest BCUT2D eigenvalue weighted by Gasteiger charge is -2.37. The highest BCUT2D eigenvalue weighted by Crippen LogP contribution is 2.40. The second-order valence-corrected chi connectivity index (χ2v) is 7.48. The van der Waals surface area contributed by atoms with Crippen molar-refractivity contribution in [2.75, 3.05) is 18.1 Å². The molecule has 0 unspecified atom stereocenters. The maximum atomic E-state index is 13.9. The Hall–Kier alpha value is -4.21. The second-order valence-electron chi connectivity index (χ2n) is 7.48. The van der Waals surface area contributed by atoms with Crippen molar-refractivity contribution in [2.24, 2.45) is 0 Å². The van der Waals surface area contributed by atoms with Gasteiger partial charge in [0.05, 0.1) is 37.8 Å². The number of hydrogen-bond acceptors (Lipinski definition) is 8. The number of aromatic hydroxyl groups is 1. The number of carbonyl (C=O) groups is 1. The highest BCUT2D eigenvalue weighted by atomic mass is 19.1. The van der Waals surface area contributed by atoms with Gasteiger partial charge in [-0.3, -0.25) is 0 Å². The second kappa shape index (κ2) is 8.38. The van der Waals surface area contributed by atoms with E-state index in [1.807, 2.05) is 35.2 Å². The number of esters is 1. The number of carbonyl (C=O) groups excluding carboxylic acids is 1. The van der Waals surface area contributed by atoms with E-state index in [9.17, 15) is 14.3 Å². The minimum Gasteiger partial charge on any atom is -0.493 e. The zero-order chi connectivity index (χ0) is 22.9. The molecule has 0 fully saturated rings. The molecule has 0 aliphatic carbocycles. The van der Waals surface area contributed by atoms with Gasteiger partial charge in [-0.2, -0.15) is 5.10 Å². The molecule has 33 heavy (non-hydrogen) atoms. The zero-order valence-electron chi connectivity index (χ0n) is 17.7. The Balaban J connectivity index is 1.65. The number of anilines is 1. The molecule has 10 heteroatoms. The fraction of sp³-hybridized carbons (Fsp3) is 0.217. The van der Waals surface area contributed by atoms with Gasteiger partial charge in [-0.1, -0.05) is 30.3 Å². The van der Waals surface area contributed by atoms with Crippen molar-refractivity contribution < 1.29 is 23.8 Å². The first-order valence-corrected chi connectivity index (χ1v) is 10.4. The number of benzene rings is 1. The summed E-state index contributed by atoms with van der Waals surface area (Å²) in [6.45, 7) is 2.34. The van der Waals surface area contributed by atoms with Crippen molar-refractivity contribution >= 4 is 17.4 Å². The van der Waals surface area contributed by atoms with E-state index in [2.05, 4.69) is 15.1 Å². The molecule has 4 heterocycles. The monoisotopic (exact) mass is 449 g/mol. The van der Waals surface area contributed by atoms with Crippen LogP contribution in [-0.4, -0.2) is 43.9 Å². The molecule has 0 saturated heterocycles. The van der Waals surface area contributed by atoms with Crippen molar-refractivity contribution in [3.05, 3.63) is 77.5 Å². The summed E-state index contributed by atoms with van der Waals surface area (Å²) < 4.78 is 26.5. The Morgan fingerprint density at radius 1 is 1.30 bits per heavy atom. The van der Waals surface area contributed by atoms with Crippen LogP contribution in [0.15, 0.2) is 55.0 Å². The van der Waals surface area contributed by atoms with Crippen LogP contribution in [0.1, 0.15) is 34.5 Å². The lowest BCUT2D eigenvalue weighted by molar-refractivity contribution is 0.0528. The maximum absolute atomic E-state index is 13.9. The van der Waals surface area contributed by atoms with Gasteiger partial charge in [-0.25, -0.2) is 23.7 Å². The van der Waals surface area contributed by atoms with Gasteiger partial charge in [0.2, 0.25) is 5.88 Å². The van der Waals surface area contributed by atoms with Gasteiger partial charge in [-0.15, -0.1) is 0 Å². The fourth-order valence-electron chi connectivity index (χ4n) is 3.86. The van der Waals surface area contributed by atoms with Gasteiger partial charge < -0.3 is 19.5 Å². The predicted molar refractivity (Wildman–Crippen MR) is 116 cm³/mol. The number of pyridine rings is 1. The minimum absolute atomic E-state index is 0.110. The van der Waals surface area contributed by atoms with E-state index < -0.39 is 11.8 Å². The molecular weight excluding hydrogens is 429 g/mol. The number of nitrogens with zero attached hydrogens (tertiary/aromatic N) is 5. The van der Waals surface area contributed by atoms with E-state index in [1.54, 1.807) is 13.1 Å². The third kappa shape index (κ3) is 3.79. The smallest absolute Gasteiger partial charge is 0.343 e. The Labute approximate surface area is 188 Å². The molecule has 168 valence electrons. The van der Waals surface area contributed by atoms with E-state index in [1.165, 1.54) is 16.8 Å². The summed E-state index contributed by atoms with van der Waals surface area (Å²) in [6, 6.07) is 10.6. The summed E-state index contributed by atoms with van der Waals surface area (Å²) in [7, 11) is 0. The van der Waals surface area contributed by atoms with Gasteiger partial charge in [-0.05, 0) is 18.6 Å². The molecule has 0 spiro atoms. The molecule has 0 saturated carbocycles. The van der Waals surface area contributed by atoms with Crippen LogP contribution < -0.4 is 9.64 Å². The number of ether oxygens (including phenoxy) is 2. The average molecular weight is 449 g/mol. The highest BCUT2D eigenvalue weighted by Gasteiger charge is 2.32. The van der Waals surface area contributed by atoms with Crippen LogP contribution >= 0.6 is 0 Å². The van der Waals surface area contributed by atoms with Crippen LogP contribution in [0.3, 0.4) is 0 Å². The first kappa shape index (κ1) is 20.7. The van der Waals surface area contributed by atoms with Gasteiger partial charge >= 0.3 is 5.97 Å². The first-order valence-electron chi connectivity index (χ1n) is 10.4. The molecule has 1 aliphatic heterocycles. The Morgan fingerprint density at radius 2 is 2.12 bits per heavy atom. The van der Waals surface area contributed by atoms with Crippen LogP contribution in [0.2, 0.25) is 0 Å². The largest absolute Gasteiger partial charge is 0.493 e. The van der Waals surface area contributed by atoms with Crippen LogP contribution in [0.4, 0.5) is 10.2 Å². The highest BCUT2D eigenvalue weighted by molar-refractivity contribution is 5.96. The van der Waals surface area contributed by atoms with Gasteiger partial charge in [0.15, 0.2) is 17.2 Å². The van der Waals surface area contributed by atoms with Crippen molar-refractivity contribution in [1.82, 2.24) is 19.6 Å². The van der Waals surface area contributed by atoms with Crippen LogP contribution in [0, 0.1) is 5.82 Å². The van der Waals surface area contributed by atoms with E-state index in [0.717, 1.165) is 11.8 Å². The predicted octanol–water partition coefficient (Wildman–Crippen LogP) is 3.29. The van der Waals surface area contributed by atoms with Crippen LogP contribution in [0.25, 0.3) is 5.65 Å². The van der Waals surface area contributed by atoms with E-state index in [4.69, 9.17) is 9.47 Å². The quantitative estimate of drug-likeness (QED) is 0.463. The Bertz CT molecular complexity index is 1330. The van der Waals surface area contributed by atoms with Crippen molar-refractivity contribution in [2.45, 2.75) is 19.5 Å². The number of halogens is 1. The summed E-state index contributed by atoms with van der Waals surface area (Å²) in [4.78, 5) is 22.7. The normalized spacial score (nSPS) is 15.2. The van der Waals surface area contributed by atoms with Crippen LogP contribution in [-0.2, 0) is 11.3 Å². The average Bonchev–Trinajstić information content (AvgIpc) is 3.24. The molecule has 0 radical (unpaired) electrons. The third-order valence-corrected chi connectivity index (χ3v) is 5.42. The minimum atomic E-state index is -0.559. The summed E-state index contributed by atoms with van der Waals surface area (Å²) in [6.07, 6.45) is 3.99. The number of rotatable bonds is 5. The standard InChI is InChI=1S/C23H20FN5O4/c1-2-32-23(31)17-10-26-29-12-19-21(27-20(17)29)28(11-15-8-16(24)9-25-22(15)30)18(13-33-19)14-6-4-3-5-7-14/h3-10,12,18H,2,11,13H2,1H3,(H,25,30)/t18-/m0/s1. The molecule has 4 aromatic rings.